The van der Waals surface area contributed by atoms with Crippen molar-refractivity contribution in [3.8, 4) is 35.2 Å². The Hall–Kier alpha value is -3.26. The van der Waals surface area contributed by atoms with Crippen LogP contribution in [0.15, 0.2) is 24.3 Å². The topological polar surface area (TPSA) is 95.5 Å². The number of rotatable bonds is 6. The highest BCUT2D eigenvalue weighted by molar-refractivity contribution is 6.32. The highest BCUT2D eigenvalue weighted by Crippen LogP contribution is 2.43. The minimum atomic E-state index is -0.654. The zero-order valence-corrected chi connectivity index (χ0v) is 16.9. The van der Waals surface area contributed by atoms with E-state index in [1.54, 1.807) is 13.8 Å². The van der Waals surface area contributed by atoms with Gasteiger partial charge in [-0.15, -0.1) is 11.8 Å². The van der Waals surface area contributed by atoms with Gasteiger partial charge in [-0.2, -0.15) is 0 Å². The molecule has 2 aromatic rings. The summed E-state index contributed by atoms with van der Waals surface area (Å²) in [6, 6.07) is 5.41. The fourth-order valence-corrected chi connectivity index (χ4v) is 2.99. The molecule has 0 aromatic heterocycles. The molecule has 2 rings (SSSR count). The van der Waals surface area contributed by atoms with Crippen molar-refractivity contribution in [3.63, 3.8) is 0 Å². The van der Waals surface area contributed by atoms with Crippen LogP contribution >= 0.6 is 23.2 Å². The minimum Gasteiger partial charge on any atom is -0.443 e. The van der Waals surface area contributed by atoms with Crippen molar-refractivity contribution < 1.29 is 14.6 Å². The number of ether oxygens (including phenoxy) is 1. The van der Waals surface area contributed by atoms with Gasteiger partial charge < -0.3 is 4.74 Å². The third kappa shape index (κ3) is 4.97. The molecule has 0 N–H and O–H groups in total. The molecule has 2 aromatic carbocycles. The molecule has 0 fully saturated rings. The maximum atomic E-state index is 11.7. The second-order valence-electron chi connectivity index (χ2n) is 5.57. The number of nitrogens with zero attached hydrogens (tertiary/aromatic N) is 2. The second kappa shape index (κ2) is 9.79. The predicted molar refractivity (Wildman–Crippen MR) is 111 cm³/mol. The van der Waals surface area contributed by atoms with Gasteiger partial charge in [0.1, 0.15) is 0 Å². The SMILES string of the molecule is CC#CCc1c(Cl)ccc(Oc2ccc(Cl)c(CC#CC)c2[N+](=O)[O-])c1[N+](=O)[O-]. The van der Waals surface area contributed by atoms with Crippen LogP contribution in [0.25, 0.3) is 0 Å². The van der Waals surface area contributed by atoms with Crippen molar-refractivity contribution in [3.05, 3.63) is 65.7 Å². The first-order valence-corrected chi connectivity index (χ1v) is 8.96. The smallest absolute Gasteiger partial charge is 0.317 e. The van der Waals surface area contributed by atoms with E-state index in [1.807, 2.05) is 0 Å². The molecule has 0 spiro atoms. The van der Waals surface area contributed by atoms with Gasteiger partial charge in [0, 0.05) is 12.8 Å². The standard InChI is InChI=1S/C20H14Cl2N2O5/c1-3-5-7-13-15(21)9-11-17(19(13)23(25)26)29-18-12-10-16(22)14(8-6-4-2)20(18)24(27)28/h9-12H,7-8H2,1-2H3. The van der Waals surface area contributed by atoms with E-state index in [0.717, 1.165) is 0 Å². The maximum absolute atomic E-state index is 11.7. The van der Waals surface area contributed by atoms with E-state index in [4.69, 9.17) is 27.9 Å². The van der Waals surface area contributed by atoms with E-state index < -0.39 is 21.2 Å². The number of hydrogen-bond donors (Lipinski definition) is 0. The summed E-state index contributed by atoms with van der Waals surface area (Å²) in [4.78, 5) is 22.0. The van der Waals surface area contributed by atoms with Crippen molar-refractivity contribution >= 4 is 34.6 Å². The summed E-state index contributed by atoms with van der Waals surface area (Å²) in [5.41, 5.74) is -0.479. The molecule has 0 bridgehead atoms. The van der Waals surface area contributed by atoms with Crippen LogP contribution in [-0.4, -0.2) is 9.85 Å². The monoisotopic (exact) mass is 432 g/mol. The third-order valence-corrected chi connectivity index (χ3v) is 4.55. The number of hydrogen-bond acceptors (Lipinski definition) is 5. The van der Waals surface area contributed by atoms with Crippen molar-refractivity contribution in [2.45, 2.75) is 26.7 Å². The summed E-state index contributed by atoms with van der Waals surface area (Å²) in [6.07, 6.45) is 0.0613. The third-order valence-electron chi connectivity index (χ3n) is 3.85. The van der Waals surface area contributed by atoms with Crippen molar-refractivity contribution in [1.29, 1.82) is 0 Å². The Morgan fingerprint density at radius 3 is 1.52 bits per heavy atom. The second-order valence-corrected chi connectivity index (χ2v) is 6.38. The fraction of sp³-hybridized carbons (Fsp3) is 0.200. The minimum absolute atomic E-state index is 0.0307. The molecule has 0 aliphatic carbocycles. The van der Waals surface area contributed by atoms with Crippen LogP contribution < -0.4 is 4.74 Å². The van der Waals surface area contributed by atoms with Crippen LogP contribution in [0.3, 0.4) is 0 Å². The first kappa shape index (κ1) is 22.0. The summed E-state index contributed by atoms with van der Waals surface area (Å²) in [5, 5.41) is 23.6. The summed E-state index contributed by atoms with van der Waals surface area (Å²) in [5.74, 6) is 10.4. The molecule has 0 aliphatic rings. The van der Waals surface area contributed by atoms with Crippen LogP contribution in [0.1, 0.15) is 25.0 Å². The Kier molecular flexibility index (Phi) is 7.44. The maximum Gasteiger partial charge on any atom is 0.317 e. The molecule has 0 heterocycles. The van der Waals surface area contributed by atoms with E-state index in [-0.39, 0.29) is 45.5 Å². The van der Waals surface area contributed by atoms with Crippen LogP contribution in [0.2, 0.25) is 10.0 Å². The van der Waals surface area contributed by atoms with Gasteiger partial charge in [0.15, 0.2) is 0 Å². The first-order valence-electron chi connectivity index (χ1n) is 8.20. The molecular weight excluding hydrogens is 419 g/mol. The summed E-state index contributed by atoms with van der Waals surface area (Å²) in [7, 11) is 0. The molecule has 0 saturated carbocycles. The molecule has 9 heteroatoms. The fourth-order valence-electron chi connectivity index (χ4n) is 2.55. The highest BCUT2D eigenvalue weighted by atomic mass is 35.5. The molecule has 0 saturated heterocycles. The lowest BCUT2D eigenvalue weighted by Gasteiger charge is -2.12. The van der Waals surface area contributed by atoms with Gasteiger partial charge in [-0.3, -0.25) is 20.2 Å². The van der Waals surface area contributed by atoms with Gasteiger partial charge in [0.25, 0.3) is 0 Å². The highest BCUT2D eigenvalue weighted by Gasteiger charge is 2.28. The molecular formula is C20H14Cl2N2O5. The van der Waals surface area contributed by atoms with Crippen LogP contribution in [0.4, 0.5) is 11.4 Å². The lowest BCUT2D eigenvalue weighted by Crippen LogP contribution is -2.02. The zero-order valence-electron chi connectivity index (χ0n) is 15.4. The number of halogens is 2. The van der Waals surface area contributed by atoms with Gasteiger partial charge >= 0.3 is 11.4 Å². The molecule has 0 unspecified atom stereocenters. The van der Waals surface area contributed by atoms with Crippen molar-refractivity contribution in [1.82, 2.24) is 0 Å². The number of nitro benzene ring substituents is 2. The van der Waals surface area contributed by atoms with Crippen LogP contribution in [-0.2, 0) is 12.8 Å². The van der Waals surface area contributed by atoms with Gasteiger partial charge in [-0.05, 0) is 38.1 Å². The summed E-state index contributed by atoms with van der Waals surface area (Å²) < 4.78 is 5.62. The molecule has 148 valence electrons. The molecule has 0 atom stereocenters. The summed E-state index contributed by atoms with van der Waals surface area (Å²) in [6.45, 7) is 3.19. The lowest BCUT2D eigenvalue weighted by molar-refractivity contribution is -0.388. The van der Waals surface area contributed by atoms with Gasteiger partial charge in [-0.25, -0.2) is 0 Å². The van der Waals surface area contributed by atoms with Gasteiger partial charge in [0.05, 0.1) is 31.0 Å². The molecule has 0 aliphatic heterocycles. The van der Waals surface area contributed by atoms with E-state index in [2.05, 4.69) is 23.7 Å². The van der Waals surface area contributed by atoms with Gasteiger partial charge in [0.2, 0.25) is 11.5 Å². The largest absolute Gasteiger partial charge is 0.443 e. The van der Waals surface area contributed by atoms with E-state index in [1.165, 1.54) is 24.3 Å². The molecule has 29 heavy (non-hydrogen) atoms. The first-order chi connectivity index (χ1) is 13.8. The molecule has 0 amide bonds. The zero-order chi connectivity index (χ0) is 21.6. The molecule has 0 radical (unpaired) electrons. The average molecular weight is 433 g/mol. The number of nitro groups is 2. The predicted octanol–water partition coefficient (Wildman–Crippen LogP) is 5.73. The Morgan fingerprint density at radius 2 is 1.21 bits per heavy atom. The van der Waals surface area contributed by atoms with Crippen molar-refractivity contribution in [2.75, 3.05) is 0 Å². The van der Waals surface area contributed by atoms with E-state index in [9.17, 15) is 20.2 Å². The van der Waals surface area contributed by atoms with E-state index in [0.29, 0.717) is 0 Å². The van der Waals surface area contributed by atoms with Gasteiger partial charge in [-0.1, -0.05) is 35.0 Å². The quantitative estimate of drug-likeness (QED) is 0.329. The average Bonchev–Trinajstić information content (AvgIpc) is 2.67. The Morgan fingerprint density at radius 1 is 0.828 bits per heavy atom. The Balaban J connectivity index is 2.67. The van der Waals surface area contributed by atoms with Crippen LogP contribution in [0, 0.1) is 43.9 Å². The summed E-state index contributed by atoms with van der Waals surface area (Å²) >= 11 is 12.2. The Bertz CT molecular complexity index is 1020. The molecule has 7 nitrogen and oxygen atoms in total. The van der Waals surface area contributed by atoms with Crippen LogP contribution in [0.5, 0.6) is 11.5 Å². The normalized spacial score (nSPS) is 9.66. The van der Waals surface area contributed by atoms with Crippen molar-refractivity contribution in [2.24, 2.45) is 0 Å². The van der Waals surface area contributed by atoms with E-state index >= 15 is 0 Å². The Labute approximate surface area is 176 Å². The lowest BCUT2D eigenvalue weighted by atomic mass is 10.1. The number of benzene rings is 2.